The molecule has 0 saturated carbocycles. The summed E-state index contributed by atoms with van der Waals surface area (Å²) < 4.78 is 25.2. The van der Waals surface area contributed by atoms with E-state index >= 15 is 0 Å². The number of nitriles is 1. The number of rotatable bonds is 6. The second-order valence-corrected chi connectivity index (χ2v) is 7.65. The van der Waals surface area contributed by atoms with Gasteiger partial charge in [-0.15, -0.1) is 0 Å². The molecule has 0 spiro atoms. The van der Waals surface area contributed by atoms with Crippen LogP contribution in [-0.2, 0) is 14.8 Å². The van der Waals surface area contributed by atoms with Gasteiger partial charge in [-0.2, -0.15) is 5.26 Å². The molecule has 0 aliphatic carbocycles. The molecule has 0 radical (unpaired) electrons. The van der Waals surface area contributed by atoms with Gasteiger partial charge in [0.2, 0.25) is 15.9 Å². The van der Waals surface area contributed by atoms with Crippen LogP contribution in [0.3, 0.4) is 0 Å². The Balaban J connectivity index is 2.10. The van der Waals surface area contributed by atoms with E-state index in [0.29, 0.717) is 22.0 Å². The minimum atomic E-state index is -3.60. The molecule has 2 aromatic rings. The van der Waals surface area contributed by atoms with Crippen LogP contribution in [0.25, 0.3) is 0 Å². The molecule has 0 unspecified atom stereocenters. The standard InChI is InChI=1S/C17H16ClN3O3S/c1-25(23,24)21(16-7-2-4-13(10-16)12-19)9-8-17(22)20-15-6-3-5-14(18)11-15/h2-7,10-11H,8-9H2,1H3,(H,20,22). The van der Waals surface area contributed by atoms with Gasteiger partial charge in [-0.3, -0.25) is 9.10 Å². The number of hydrogen-bond acceptors (Lipinski definition) is 4. The number of sulfonamides is 1. The van der Waals surface area contributed by atoms with Crippen molar-refractivity contribution in [2.75, 3.05) is 22.4 Å². The molecule has 6 nitrogen and oxygen atoms in total. The van der Waals surface area contributed by atoms with E-state index in [1.165, 1.54) is 6.07 Å². The number of halogens is 1. The molecule has 0 aromatic heterocycles. The van der Waals surface area contributed by atoms with E-state index in [1.54, 1.807) is 42.5 Å². The molecule has 2 rings (SSSR count). The fraction of sp³-hybridized carbons (Fsp3) is 0.176. The van der Waals surface area contributed by atoms with E-state index in [4.69, 9.17) is 16.9 Å². The van der Waals surface area contributed by atoms with Crippen LogP contribution in [0.5, 0.6) is 0 Å². The zero-order valence-corrected chi connectivity index (χ0v) is 15.0. The zero-order valence-electron chi connectivity index (χ0n) is 13.4. The highest BCUT2D eigenvalue weighted by Gasteiger charge is 2.19. The van der Waals surface area contributed by atoms with Crippen molar-refractivity contribution in [3.8, 4) is 6.07 Å². The number of nitrogens with zero attached hydrogens (tertiary/aromatic N) is 2. The van der Waals surface area contributed by atoms with Gasteiger partial charge in [0.05, 0.1) is 23.6 Å². The predicted octanol–water partition coefficient (Wildman–Crippen LogP) is 3.01. The Labute approximate surface area is 151 Å². The van der Waals surface area contributed by atoms with E-state index in [9.17, 15) is 13.2 Å². The lowest BCUT2D eigenvalue weighted by atomic mass is 10.2. The van der Waals surface area contributed by atoms with Crippen molar-refractivity contribution < 1.29 is 13.2 Å². The van der Waals surface area contributed by atoms with Crippen molar-refractivity contribution in [3.63, 3.8) is 0 Å². The van der Waals surface area contributed by atoms with Crippen LogP contribution in [0.2, 0.25) is 5.02 Å². The SMILES string of the molecule is CS(=O)(=O)N(CCC(=O)Nc1cccc(Cl)c1)c1cccc(C#N)c1. The van der Waals surface area contributed by atoms with Crippen LogP contribution in [-0.4, -0.2) is 27.1 Å². The monoisotopic (exact) mass is 377 g/mol. The Kier molecular flexibility index (Phi) is 6.02. The van der Waals surface area contributed by atoms with E-state index in [0.717, 1.165) is 10.6 Å². The van der Waals surface area contributed by atoms with Crippen LogP contribution >= 0.6 is 11.6 Å². The molecule has 0 aliphatic heterocycles. The summed E-state index contributed by atoms with van der Waals surface area (Å²) in [6.07, 6.45) is 1.01. The summed E-state index contributed by atoms with van der Waals surface area (Å²) in [5.41, 5.74) is 1.22. The van der Waals surface area contributed by atoms with E-state index < -0.39 is 10.0 Å². The van der Waals surface area contributed by atoms with Gasteiger partial charge >= 0.3 is 0 Å². The first kappa shape index (κ1) is 18.8. The minimum absolute atomic E-state index is 0.0416. The molecule has 2 aromatic carbocycles. The van der Waals surface area contributed by atoms with Crippen LogP contribution in [0.4, 0.5) is 11.4 Å². The molecular weight excluding hydrogens is 362 g/mol. The van der Waals surface area contributed by atoms with E-state index in [2.05, 4.69) is 5.32 Å². The summed E-state index contributed by atoms with van der Waals surface area (Å²) in [5.74, 6) is -0.340. The summed E-state index contributed by atoms with van der Waals surface area (Å²) in [6.45, 7) is -0.0416. The van der Waals surface area contributed by atoms with Crippen molar-refractivity contribution in [3.05, 3.63) is 59.1 Å². The lowest BCUT2D eigenvalue weighted by Crippen LogP contribution is -2.33. The number of amides is 1. The summed E-state index contributed by atoms with van der Waals surface area (Å²) in [6, 6.07) is 14.9. The van der Waals surface area contributed by atoms with Crippen molar-refractivity contribution in [1.82, 2.24) is 0 Å². The minimum Gasteiger partial charge on any atom is -0.326 e. The van der Waals surface area contributed by atoms with Crippen LogP contribution in [0, 0.1) is 11.3 Å². The van der Waals surface area contributed by atoms with Gasteiger partial charge in [-0.1, -0.05) is 23.7 Å². The number of hydrogen-bond donors (Lipinski definition) is 1. The number of nitrogens with one attached hydrogen (secondary N) is 1. The molecule has 0 bridgehead atoms. The van der Waals surface area contributed by atoms with Crippen molar-refractivity contribution >= 4 is 38.9 Å². The van der Waals surface area contributed by atoms with Crippen LogP contribution in [0.1, 0.15) is 12.0 Å². The maximum atomic E-state index is 12.1. The Morgan fingerprint density at radius 3 is 2.60 bits per heavy atom. The summed E-state index contributed by atoms with van der Waals surface area (Å²) in [7, 11) is -3.60. The van der Waals surface area contributed by atoms with Crippen molar-refractivity contribution in [2.45, 2.75) is 6.42 Å². The molecular formula is C17H16ClN3O3S. The van der Waals surface area contributed by atoms with Crippen LogP contribution in [0.15, 0.2) is 48.5 Å². The molecule has 1 amide bonds. The third kappa shape index (κ3) is 5.48. The zero-order chi connectivity index (χ0) is 18.4. The number of benzene rings is 2. The van der Waals surface area contributed by atoms with Gasteiger partial charge < -0.3 is 5.32 Å². The quantitative estimate of drug-likeness (QED) is 0.837. The number of anilines is 2. The second-order valence-electron chi connectivity index (χ2n) is 5.31. The lowest BCUT2D eigenvalue weighted by Gasteiger charge is -2.22. The normalized spacial score (nSPS) is 10.8. The van der Waals surface area contributed by atoms with Crippen LogP contribution < -0.4 is 9.62 Å². The smallest absolute Gasteiger partial charge is 0.232 e. The molecule has 0 atom stereocenters. The summed E-state index contributed by atoms with van der Waals surface area (Å²) in [5, 5.41) is 12.1. The third-order valence-corrected chi connectivity index (χ3v) is 4.74. The summed E-state index contributed by atoms with van der Waals surface area (Å²) >= 11 is 5.86. The maximum Gasteiger partial charge on any atom is 0.232 e. The average Bonchev–Trinajstić information content (AvgIpc) is 2.54. The largest absolute Gasteiger partial charge is 0.326 e. The fourth-order valence-corrected chi connectivity index (χ4v) is 3.32. The molecule has 1 N–H and O–H groups in total. The fourth-order valence-electron chi connectivity index (χ4n) is 2.21. The topological polar surface area (TPSA) is 90.3 Å². The Morgan fingerprint density at radius 1 is 1.24 bits per heavy atom. The van der Waals surface area contributed by atoms with Gasteiger partial charge in [0.25, 0.3) is 0 Å². The molecule has 0 saturated heterocycles. The highest BCUT2D eigenvalue weighted by molar-refractivity contribution is 7.92. The van der Waals surface area contributed by atoms with E-state index in [-0.39, 0.29) is 18.9 Å². The molecule has 0 aliphatic rings. The average molecular weight is 378 g/mol. The third-order valence-electron chi connectivity index (χ3n) is 3.31. The van der Waals surface area contributed by atoms with Crippen molar-refractivity contribution in [2.24, 2.45) is 0 Å². The Hall–Kier alpha value is -2.56. The molecule has 0 heterocycles. The van der Waals surface area contributed by atoms with Gasteiger partial charge in [0.1, 0.15) is 0 Å². The first-order valence-electron chi connectivity index (χ1n) is 7.33. The number of carbonyl (C=O) groups excluding carboxylic acids is 1. The van der Waals surface area contributed by atoms with Gasteiger partial charge in [-0.05, 0) is 36.4 Å². The molecule has 0 fully saturated rings. The van der Waals surface area contributed by atoms with Gasteiger partial charge in [0.15, 0.2) is 0 Å². The highest BCUT2D eigenvalue weighted by atomic mass is 35.5. The lowest BCUT2D eigenvalue weighted by molar-refractivity contribution is -0.116. The summed E-state index contributed by atoms with van der Waals surface area (Å²) in [4.78, 5) is 12.1. The Morgan fingerprint density at radius 2 is 1.96 bits per heavy atom. The maximum absolute atomic E-state index is 12.1. The van der Waals surface area contributed by atoms with Gasteiger partial charge in [0, 0.05) is 23.7 Å². The second kappa shape index (κ2) is 8.01. The van der Waals surface area contributed by atoms with Crippen molar-refractivity contribution in [1.29, 1.82) is 5.26 Å². The molecule has 25 heavy (non-hydrogen) atoms. The number of carbonyl (C=O) groups is 1. The first-order valence-corrected chi connectivity index (χ1v) is 9.55. The van der Waals surface area contributed by atoms with E-state index in [1.807, 2.05) is 6.07 Å². The van der Waals surface area contributed by atoms with Gasteiger partial charge in [-0.25, -0.2) is 8.42 Å². The first-order chi connectivity index (χ1) is 11.8. The molecule has 8 heteroatoms. The highest BCUT2D eigenvalue weighted by Crippen LogP contribution is 2.20. The Bertz CT molecular complexity index is 923. The predicted molar refractivity (Wildman–Crippen MR) is 98.0 cm³/mol. The molecule has 130 valence electrons.